The Morgan fingerprint density at radius 2 is 1.89 bits per heavy atom. The Bertz CT molecular complexity index is 759. The summed E-state index contributed by atoms with van der Waals surface area (Å²) in [5.41, 5.74) is 1.16. The van der Waals surface area contributed by atoms with Gasteiger partial charge in [0, 0.05) is 16.0 Å². The van der Waals surface area contributed by atoms with E-state index in [-0.39, 0.29) is 6.54 Å². The molecule has 0 unspecified atom stereocenters. The largest absolute Gasteiger partial charge is 0.444 e. The fraction of sp³-hybridized carbons (Fsp3) is 0.381. The molecule has 4 nitrogen and oxygen atoms in total. The predicted molar refractivity (Wildman–Crippen MR) is 112 cm³/mol. The molecule has 2 aromatic rings. The molecule has 1 amide bonds. The third kappa shape index (κ3) is 7.53. The lowest BCUT2D eigenvalue weighted by atomic mass is 10.1. The second kappa shape index (κ2) is 9.58. The van der Waals surface area contributed by atoms with Gasteiger partial charge in [-0.1, -0.05) is 51.8 Å². The highest BCUT2D eigenvalue weighted by atomic mass is 79.9. The van der Waals surface area contributed by atoms with E-state index in [1.807, 2.05) is 45.0 Å². The molecule has 2 aromatic carbocycles. The normalized spacial score (nSPS) is 12.5. The number of rotatable bonds is 6. The molecule has 0 fully saturated rings. The molecule has 146 valence electrons. The third-order valence-corrected chi connectivity index (χ3v) is 4.63. The topological polar surface area (TPSA) is 49.8 Å². The molecule has 0 aliphatic rings. The predicted octanol–water partition coefficient (Wildman–Crippen LogP) is 5.62. The van der Waals surface area contributed by atoms with Gasteiger partial charge in [-0.05, 0) is 62.6 Å². The standard InChI is InChI=1S/C21H25BrClNO3/c1-21(2,3)27-20(26)24(12-11-15-7-9-17(22)10-8-15)14-19(25)16-5-4-6-18(23)13-16/h4-10,13,19,25H,11-12,14H2,1-3H3/t19-/m0/s1. The van der Waals surface area contributed by atoms with Crippen LogP contribution >= 0.6 is 27.5 Å². The summed E-state index contributed by atoms with van der Waals surface area (Å²) in [6.07, 6.45) is -0.628. The zero-order valence-electron chi connectivity index (χ0n) is 15.8. The van der Waals surface area contributed by atoms with Gasteiger partial charge in [-0.3, -0.25) is 0 Å². The minimum Gasteiger partial charge on any atom is -0.444 e. The average molecular weight is 455 g/mol. The number of nitrogens with zero attached hydrogens (tertiary/aromatic N) is 1. The van der Waals surface area contributed by atoms with Gasteiger partial charge < -0.3 is 14.7 Å². The number of carbonyl (C=O) groups excluding carboxylic acids is 1. The third-order valence-electron chi connectivity index (χ3n) is 3.86. The molecule has 0 aromatic heterocycles. The van der Waals surface area contributed by atoms with E-state index in [1.54, 1.807) is 29.2 Å². The minimum atomic E-state index is -0.846. The fourth-order valence-corrected chi connectivity index (χ4v) is 2.99. The number of carbonyl (C=O) groups is 1. The van der Waals surface area contributed by atoms with Crippen LogP contribution in [0.2, 0.25) is 5.02 Å². The van der Waals surface area contributed by atoms with E-state index in [0.717, 1.165) is 10.0 Å². The molecule has 1 atom stereocenters. The van der Waals surface area contributed by atoms with Crippen LogP contribution < -0.4 is 0 Å². The van der Waals surface area contributed by atoms with Crippen molar-refractivity contribution in [3.63, 3.8) is 0 Å². The molecule has 0 aliphatic heterocycles. The second-order valence-electron chi connectivity index (χ2n) is 7.37. The highest BCUT2D eigenvalue weighted by Gasteiger charge is 2.24. The van der Waals surface area contributed by atoms with Gasteiger partial charge in [-0.2, -0.15) is 0 Å². The molecule has 0 saturated carbocycles. The van der Waals surface area contributed by atoms with Gasteiger partial charge in [0.05, 0.1) is 12.6 Å². The fourth-order valence-electron chi connectivity index (χ4n) is 2.53. The minimum absolute atomic E-state index is 0.131. The van der Waals surface area contributed by atoms with E-state index in [9.17, 15) is 9.90 Å². The maximum Gasteiger partial charge on any atom is 0.410 e. The molecule has 6 heteroatoms. The second-order valence-corrected chi connectivity index (χ2v) is 8.73. The first-order valence-electron chi connectivity index (χ1n) is 8.80. The Morgan fingerprint density at radius 1 is 1.22 bits per heavy atom. The Labute approximate surface area is 174 Å². The van der Waals surface area contributed by atoms with Crippen molar-refractivity contribution in [3.05, 3.63) is 69.2 Å². The van der Waals surface area contributed by atoms with E-state index in [4.69, 9.17) is 16.3 Å². The molecule has 2 rings (SSSR count). The van der Waals surface area contributed by atoms with Crippen LogP contribution in [0.1, 0.15) is 38.0 Å². The van der Waals surface area contributed by atoms with E-state index in [1.165, 1.54) is 0 Å². The summed E-state index contributed by atoms with van der Waals surface area (Å²) in [4.78, 5) is 14.2. The van der Waals surface area contributed by atoms with Crippen LogP contribution in [0.25, 0.3) is 0 Å². The molecule has 0 spiro atoms. The van der Waals surface area contributed by atoms with Gasteiger partial charge in [0.2, 0.25) is 0 Å². The van der Waals surface area contributed by atoms with Crippen molar-refractivity contribution in [1.82, 2.24) is 4.90 Å². The van der Waals surface area contributed by atoms with Gasteiger partial charge >= 0.3 is 6.09 Å². The van der Waals surface area contributed by atoms with Crippen molar-refractivity contribution >= 4 is 33.6 Å². The molecule has 0 saturated heterocycles. The summed E-state index contributed by atoms with van der Waals surface area (Å²) in [6, 6.07) is 15.0. The monoisotopic (exact) mass is 453 g/mol. The molecular weight excluding hydrogens is 430 g/mol. The summed E-state index contributed by atoms with van der Waals surface area (Å²) in [5.74, 6) is 0. The van der Waals surface area contributed by atoms with Crippen LogP contribution in [0.5, 0.6) is 0 Å². The molecule has 0 heterocycles. The number of benzene rings is 2. The first-order chi connectivity index (χ1) is 12.6. The van der Waals surface area contributed by atoms with E-state index >= 15 is 0 Å². The van der Waals surface area contributed by atoms with Crippen LogP contribution in [0.15, 0.2) is 53.0 Å². The van der Waals surface area contributed by atoms with Crippen molar-refractivity contribution in [2.75, 3.05) is 13.1 Å². The first-order valence-corrected chi connectivity index (χ1v) is 9.97. The molecular formula is C21H25BrClNO3. The number of amides is 1. The first kappa shape index (κ1) is 21.7. The van der Waals surface area contributed by atoms with Crippen molar-refractivity contribution in [2.45, 2.75) is 38.9 Å². The highest BCUT2D eigenvalue weighted by Crippen LogP contribution is 2.20. The molecule has 1 N–H and O–H groups in total. The van der Waals surface area contributed by atoms with Crippen LogP contribution in [-0.2, 0) is 11.2 Å². The Hall–Kier alpha value is -1.56. The van der Waals surface area contributed by atoms with E-state index in [2.05, 4.69) is 15.9 Å². The van der Waals surface area contributed by atoms with E-state index < -0.39 is 17.8 Å². The van der Waals surface area contributed by atoms with Crippen molar-refractivity contribution in [2.24, 2.45) is 0 Å². The van der Waals surface area contributed by atoms with Crippen molar-refractivity contribution in [3.8, 4) is 0 Å². The van der Waals surface area contributed by atoms with Gasteiger partial charge in [-0.15, -0.1) is 0 Å². The number of aliphatic hydroxyl groups is 1. The van der Waals surface area contributed by atoms with Crippen LogP contribution in [-0.4, -0.2) is 34.8 Å². The number of ether oxygens (including phenoxy) is 1. The number of aliphatic hydroxyl groups excluding tert-OH is 1. The van der Waals surface area contributed by atoms with Gasteiger partial charge in [0.25, 0.3) is 0 Å². The van der Waals surface area contributed by atoms with Crippen LogP contribution in [0.4, 0.5) is 4.79 Å². The van der Waals surface area contributed by atoms with E-state index in [0.29, 0.717) is 23.6 Å². The SMILES string of the molecule is CC(C)(C)OC(=O)N(CCc1ccc(Br)cc1)C[C@H](O)c1cccc(Cl)c1. The zero-order chi connectivity index (χ0) is 20.0. The lowest BCUT2D eigenvalue weighted by molar-refractivity contribution is 0.0147. The average Bonchev–Trinajstić information content (AvgIpc) is 2.58. The number of hydrogen-bond donors (Lipinski definition) is 1. The molecule has 0 bridgehead atoms. The lowest BCUT2D eigenvalue weighted by Gasteiger charge is -2.29. The highest BCUT2D eigenvalue weighted by molar-refractivity contribution is 9.10. The molecule has 0 aliphatic carbocycles. The van der Waals surface area contributed by atoms with Crippen molar-refractivity contribution in [1.29, 1.82) is 0 Å². The quantitative estimate of drug-likeness (QED) is 0.616. The smallest absolute Gasteiger partial charge is 0.410 e. The van der Waals surface area contributed by atoms with Crippen molar-refractivity contribution < 1.29 is 14.6 Å². The summed E-state index contributed by atoms with van der Waals surface area (Å²) in [7, 11) is 0. The molecule has 0 radical (unpaired) electrons. The Balaban J connectivity index is 2.10. The summed E-state index contributed by atoms with van der Waals surface area (Å²) in [6.45, 7) is 6.04. The Morgan fingerprint density at radius 3 is 2.48 bits per heavy atom. The Kier molecular flexibility index (Phi) is 7.71. The zero-order valence-corrected chi connectivity index (χ0v) is 18.1. The summed E-state index contributed by atoms with van der Waals surface area (Å²) >= 11 is 9.43. The lowest BCUT2D eigenvalue weighted by Crippen LogP contribution is -2.40. The van der Waals surface area contributed by atoms with Gasteiger partial charge in [-0.25, -0.2) is 4.79 Å². The van der Waals surface area contributed by atoms with Gasteiger partial charge in [0.1, 0.15) is 5.60 Å². The number of hydrogen-bond acceptors (Lipinski definition) is 3. The van der Waals surface area contributed by atoms with Crippen LogP contribution in [0, 0.1) is 0 Å². The summed E-state index contributed by atoms with van der Waals surface area (Å²) < 4.78 is 6.52. The maximum absolute atomic E-state index is 12.6. The van der Waals surface area contributed by atoms with Gasteiger partial charge in [0.15, 0.2) is 0 Å². The maximum atomic E-state index is 12.6. The summed E-state index contributed by atoms with van der Waals surface area (Å²) in [5, 5.41) is 11.1. The number of halogens is 2. The van der Waals surface area contributed by atoms with Crippen LogP contribution in [0.3, 0.4) is 0 Å². The molecule has 27 heavy (non-hydrogen) atoms.